The maximum absolute atomic E-state index is 13.6. The number of rotatable bonds is 7. The van der Waals surface area contributed by atoms with Gasteiger partial charge >= 0.3 is 0 Å². The van der Waals surface area contributed by atoms with E-state index in [0.29, 0.717) is 17.4 Å². The molecule has 7 nitrogen and oxygen atoms in total. The summed E-state index contributed by atoms with van der Waals surface area (Å²) in [6, 6.07) is 12.2. The second kappa shape index (κ2) is 9.46. The Kier molecular flexibility index (Phi) is 6.53. The highest BCUT2D eigenvalue weighted by atomic mass is 19.1. The summed E-state index contributed by atoms with van der Waals surface area (Å²) in [5.74, 6) is -3.19. The van der Waals surface area contributed by atoms with Crippen molar-refractivity contribution in [1.82, 2.24) is 5.32 Å². The fraction of sp³-hybridized carbons (Fsp3) is 0.0952. The number of nitrogens with one attached hydrogen (secondary N) is 3. The molecule has 0 atom stereocenters. The van der Waals surface area contributed by atoms with E-state index in [9.17, 15) is 23.2 Å². The standard InChI is InChI=1S/C21H17F2N3O4/c22-13-6-7-16(17(23)11-13)20(28)24-9-8-19(27)25-14-3-1-4-15(12-14)26-21(29)18-5-2-10-30-18/h1-7,10-12H,8-9H2,(H,24,28)(H,25,27)(H,26,29). The number of amides is 3. The molecule has 0 saturated heterocycles. The first-order valence-electron chi connectivity index (χ1n) is 8.90. The summed E-state index contributed by atoms with van der Waals surface area (Å²) in [6.07, 6.45) is 1.31. The van der Waals surface area contributed by atoms with E-state index in [4.69, 9.17) is 4.42 Å². The lowest BCUT2D eigenvalue weighted by Crippen LogP contribution is -2.28. The van der Waals surface area contributed by atoms with Crippen molar-refractivity contribution in [2.75, 3.05) is 17.2 Å². The van der Waals surface area contributed by atoms with Crippen LogP contribution in [0.15, 0.2) is 65.3 Å². The van der Waals surface area contributed by atoms with E-state index < -0.39 is 29.4 Å². The number of carbonyl (C=O) groups excluding carboxylic acids is 3. The van der Waals surface area contributed by atoms with Crippen molar-refractivity contribution in [2.45, 2.75) is 6.42 Å². The normalized spacial score (nSPS) is 10.3. The van der Waals surface area contributed by atoms with Crippen molar-refractivity contribution in [2.24, 2.45) is 0 Å². The summed E-state index contributed by atoms with van der Waals surface area (Å²) >= 11 is 0. The minimum atomic E-state index is -0.981. The first-order valence-corrected chi connectivity index (χ1v) is 8.90. The third-order valence-electron chi connectivity index (χ3n) is 3.96. The van der Waals surface area contributed by atoms with E-state index >= 15 is 0 Å². The summed E-state index contributed by atoms with van der Waals surface area (Å²) in [4.78, 5) is 36.0. The Morgan fingerprint density at radius 2 is 1.63 bits per heavy atom. The SMILES string of the molecule is O=C(CCNC(=O)c1ccc(F)cc1F)Nc1cccc(NC(=O)c2ccco2)c1. The molecule has 3 N–H and O–H groups in total. The third-order valence-corrected chi connectivity index (χ3v) is 3.96. The van der Waals surface area contributed by atoms with Crippen molar-refractivity contribution in [3.05, 3.63) is 83.8 Å². The van der Waals surface area contributed by atoms with Crippen molar-refractivity contribution in [3.8, 4) is 0 Å². The number of furan rings is 1. The molecule has 3 aromatic rings. The molecule has 2 aromatic carbocycles. The second-order valence-electron chi connectivity index (χ2n) is 6.19. The molecular weight excluding hydrogens is 396 g/mol. The lowest BCUT2D eigenvalue weighted by Gasteiger charge is -2.09. The highest BCUT2D eigenvalue weighted by molar-refractivity contribution is 6.02. The Morgan fingerprint density at radius 3 is 2.33 bits per heavy atom. The maximum atomic E-state index is 13.6. The van der Waals surface area contributed by atoms with Crippen LogP contribution >= 0.6 is 0 Å². The van der Waals surface area contributed by atoms with Crippen molar-refractivity contribution < 1.29 is 27.6 Å². The van der Waals surface area contributed by atoms with E-state index in [0.717, 1.165) is 12.1 Å². The Morgan fingerprint density at radius 1 is 0.867 bits per heavy atom. The fourth-order valence-corrected chi connectivity index (χ4v) is 2.56. The Labute approximate surface area is 170 Å². The van der Waals surface area contributed by atoms with Crippen LogP contribution in [-0.2, 0) is 4.79 Å². The molecule has 0 radical (unpaired) electrons. The highest BCUT2D eigenvalue weighted by Gasteiger charge is 2.13. The average molecular weight is 413 g/mol. The van der Waals surface area contributed by atoms with Crippen LogP contribution < -0.4 is 16.0 Å². The van der Waals surface area contributed by atoms with Gasteiger partial charge in [0.1, 0.15) is 11.6 Å². The van der Waals surface area contributed by atoms with E-state index in [1.165, 1.54) is 12.3 Å². The smallest absolute Gasteiger partial charge is 0.291 e. The third kappa shape index (κ3) is 5.51. The van der Waals surface area contributed by atoms with Crippen LogP contribution in [0.2, 0.25) is 0 Å². The van der Waals surface area contributed by atoms with Crippen LogP contribution in [0.5, 0.6) is 0 Å². The lowest BCUT2D eigenvalue weighted by atomic mass is 10.2. The molecule has 1 heterocycles. The summed E-state index contributed by atoms with van der Waals surface area (Å²) in [7, 11) is 0. The van der Waals surface area contributed by atoms with Gasteiger partial charge in [-0.2, -0.15) is 0 Å². The van der Waals surface area contributed by atoms with Crippen LogP contribution in [0.25, 0.3) is 0 Å². The molecule has 0 aliphatic carbocycles. The molecule has 0 unspecified atom stereocenters. The zero-order valence-corrected chi connectivity index (χ0v) is 15.6. The minimum absolute atomic E-state index is 0.0452. The monoisotopic (exact) mass is 413 g/mol. The summed E-state index contributed by atoms with van der Waals surface area (Å²) in [6.45, 7) is -0.0452. The van der Waals surface area contributed by atoms with Gasteiger partial charge in [-0.1, -0.05) is 6.07 Å². The molecule has 0 saturated carbocycles. The van der Waals surface area contributed by atoms with Gasteiger partial charge in [-0.25, -0.2) is 8.78 Å². The zero-order valence-electron chi connectivity index (χ0n) is 15.6. The Bertz CT molecular complexity index is 1070. The molecule has 0 spiro atoms. The van der Waals surface area contributed by atoms with E-state index in [-0.39, 0.29) is 24.3 Å². The van der Waals surface area contributed by atoms with Gasteiger partial charge in [0.2, 0.25) is 5.91 Å². The van der Waals surface area contributed by atoms with Gasteiger partial charge in [-0.05, 0) is 42.5 Å². The quantitative estimate of drug-likeness (QED) is 0.551. The lowest BCUT2D eigenvalue weighted by molar-refractivity contribution is -0.116. The van der Waals surface area contributed by atoms with Crippen LogP contribution in [0, 0.1) is 11.6 Å². The number of hydrogen-bond donors (Lipinski definition) is 3. The fourth-order valence-electron chi connectivity index (χ4n) is 2.56. The van der Waals surface area contributed by atoms with Gasteiger partial charge < -0.3 is 20.4 Å². The zero-order chi connectivity index (χ0) is 21.5. The van der Waals surface area contributed by atoms with E-state index in [1.807, 2.05) is 0 Å². The molecule has 0 bridgehead atoms. The predicted molar refractivity (Wildman–Crippen MR) is 105 cm³/mol. The topological polar surface area (TPSA) is 100 Å². The molecule has 3 rings (SSSR count). The molecule has 0 fully saturated rings. The number of halogens is 2. The highest BCUT2D eigenvalue weighted by Crippen LogP contribution is 2.16. The summed E-state index contributed by atoms with van der Waals surface area (Å²) in [5, 5.41) is 7.67. The largest absolute Gasteiger partial charge is 0.459 e. The molecule has 30 heavy (non-hydrogen) atoms. The first-order chi connectivity index (χ1) is 14.4. The maximum Gasteiger partial charge on any atom is 0.291 e. The molecule has 0 aliphatic rings. The number of carbonyl (C=O) groups is 3. The first kappa shape index (κ1) is 20.7. The summed E-state index contributed by atoms with van der Waals surface area (Å²) in [5.41, 5.74) is 0.583. The molecule has 1 aromatic heterocycles. The van der Waals surface area contributed by atoms with Gasteiger partial charge in [0, 0.05) is 30.4 Å². The Balaban J connectivity index is 1.49. The number of anilines is 2. The van der Waals surface area contributed by atoms with Gasteiger partial charge in [0.25, 0.3) is 11.8 Å². The molecule has 3 amide bonds. The number of benzene rings is 2. The minimum Gasteiger partial charge on any atom is -0.459 e. The molecular formula is C21H17F2N3O4. The Hall–Kier alpha value is -4.01. The van der Waals surface area contributed by atoms with Crippen LogP contribution in [-0.4, -0.2) is 24.3 Å². The van der Waals surface area contributed by atoms with E-state index in [1.54, 1.807) is 30.3 Å². The predicted octanol–water partition coefficient (Wildman–Crippen LogP) is 3.57. The number of hydrogen-bond acceptors (Lipinski definition) is 4. The van der Waals surface area contributed by atoms with Gasteiger partial charge in [0.05, 0.1) is 11.8 Å². The van der Waals surface area contributed by atoms with Crippen molar-refractivity contribution in [1.29, 1.82) is 0 Å². The van der Waals surface area contributed by atoms with Gasteiger partial charge in [0.15, 0.2) is 5.76 Å². The van der Waals surface area contributed by atoms with Crippen LogP contribution in [0.4, 0.5) is 20.2 Å². The second-order valence-corrected chi connectivity index (χ2v) is 6.19. The van der Waals surface area contributed by atoms with Crippen molar-refractivity contribution >= 4 is 29.1 Å². The molecule has 0 aliphatic heterocycles. The van der Waals surface area contributed by atoms with Gasteiger partial charge in [-0.15, -0.1) is 0 Å². The van der Waals surface area contributed by atoms with Crippen molar-refractivity contribution in [3.63, 3.8) is 0 Å². The molecule has 154 valence electrons. The molecule has 9 heteroatoms. The van der Waals surface area contributed by atoms with Crippen LogP contribution in [0.3, 0.4) is 0 Å². The average Bonchev–Trinajstić information content (AvgIpc) is 3.23. The summed E-state index contributed by atoms with van der Waals surface area (Å²) < 4.78 is 31.5. The van der Waals surface area contributed by atoms with Gasteiger partial charge in [-0.3, -0.25) is 14.4 Å². The van der Waals surface area contributed by atoms with E-state index in [2.05, 4.69) is 16.0 Å². The van der Waals surface area contributed by atoms with Crippen LogP contribution in [0.1, 0.15) is 27.3 Å².